The molecule has 0 aliphatic carbocycles. The zero-order valence-corrected chi connectivity index (χ0v) is 17.6. The zero-order valence-electron chi connectivity index (χ0n) is 17.6. The van der Waals surface area contributed by atoms with Gasteiger partial charge in [0.25, 0.3) is 5.91 Å². The molecule has 8 nitrogen and oxygen atoms in total. The van der Waals surface area contributed by atoms with E-state index in [1.54, 1.807) is 29.8 Å². The largest absolute Gasteiger partial charge is 0.449 e. The van der Waals surface area contributed by atoms with Crippen molar-refractivity contribution in [3.05, 3.63) is 54.1 Å². The summed E-state index contributed by atoms with van der Waals surface area (Å²) in [5.74, 6) is -0.859. The number of aromatic nitrogens is 3. The van der Waals surface area contributed by atoms with Crippen LogP contribution in [0.3, 0.4) is 0 Å². The predicted molar refractivity (Wildman–Crippen MR) is 116 cm³/mol. The number of rotatable bonds is 4. The van der Waals surface area contributed by atoms with E-state index in [-0.39, 0.29) is 11.4 Å². The minimum absolute atomic E-state index is 0.120. The number of likely N-dealkylation sites (N-methyl/N-ethyl adjacent to an activating group) is 1. The number of carbonyl (C=O) groups is 1. The molecule has 0 aromatic carbocycles. The molecule has 1 saturated heterocycles. The Morgan fingerprint density at radius 2 is 2.13 bits per heavy atom. The van der Waals surface area contributed by atoms with Crippen molar-refractivity contribution in [3.8, 4) is 0 Å². The average molecular weight is 422 g/mol. The molecule has 0 saturated carbocycles. The monoisotopic (exact) mass is 422 g/mol. The molecule has 1 aliphatic rings. The molecule has 1 amide bonds. The third kappa shape index (κ3) is 3.61. The summed E-state index contributed by atoms with van der Waals surface area (Å²) in [5.41, 5.74) is 3.34. The first-order valence-corrected chi connectivity index (χ1v) is 10.1. The molecule has 0 radical (unpaired) electrons. The fraction of sp³-hybridized carbons (Fsp3) is 0.318. The Morgan fingerprint density at radius 1 is 1.29 bits per heavy atom. The number of imidazole rings is 1. The van der Waals surface area contributed by atoms with Gasteiger partial charge in [0.05, 0.1) is 23.3 Å². The quantitative estimate of drug-likeness (QED) is 0.544. The number of fused-ring (bicyclic) bond motifs is 2. The van der Waals surface area contributed by atoms with Crippen molar-refractivity contribution < 1.29 is 13.6 Å². The van der Waals surface area contributed by atoms with Crippen LogP contribution in [-0.4, -0.2) is 58.4 Å². The topological polar surface area (TPSA) is 78.9 Å². The predicted octanol–water partition coefficient (Wildman–Crippen LogP) is 3.32. The third-order valence-corrected chi connectivity index (χ3v) is 5.72. The molecule has 0 bridgehead atoms. The van der Waals surface area contributed by atoms with Crippen LogP contribution in [0.1, 0.15) is 22.7 Å². The highest BCUT2D eigenvalue weighted by Crippen LogP contribution is 2.27. The lowest BCUT2D eigenvalue weighted by molar-refractivity contribution is 0.0998. The van der Waals surface area contributed by atoms with Gasteiger partial charge in [-0.15, -0.1) is 0 Å². The number of amides is 1. The molecule has 31 heavy (non-hydrogen) atoms. The van der Waals surface area contributed by atoms with Gasteiger partial charge in [0.1, 0.15) is 5.52 Å². The summed E-state index contributed by atoms with van der Waals surface area (Å²) in [4.78, 5) is 25.8. The van der Waals surface area contributed by atoms with Crippen molar-refractivity contribution in [1.29, 1.82) is 0 Å². The molecule has 9 heteroatoms. The van der Waals surface area contributed by atoms with Gasteiger partial charge in [-0.05, 0) is 27.4 Å². The number of nitrogens with one attached hydrogen (secondary N) is 1. The maximum Gasteiger partial charge on any atom is 0.291 e. The summed E-state index contributed by atoms with van der Waals surface area (Å²) < 4.78 is 21.6. The van der Waals surface area contributed by atoms with Gasteiger partial charge in [0.2, 0.25) is 0 Å². The SMILES string of the molecule is Cc1cn2cc(NC(=O)c3cc4ncc(N5CCC(N(C)C)C5)cc4o3)cc(F)c2n1. The Morgan fingerprint density at radius 3 is 2.90 bits per heavy atom. The Bertz CT molecular complexity index is 1290. The summed E-state index contributed by atoms with van der Waals surface area (Å²) >= 11 is 0. The summed E-state index contributed by atoms with van der Waals surface area (Å²) in [6, 6.07) is 5.26. The van der Waals surface area contributed by atoms with E-state index in [4.69, 9.17) is 4.42 Å². The number of hydrogen-bond acceptors (Lipinski definition) is 6. The van der Waals surface area contributed by atoms with Gasteiger partial charge >= 0.3 is 0 Å². The van der Waals surface area contributed by atoms with Crippen LogP contribution in [0.2, 0.25) is 0 Å². The molecule has 5 heterocycles. The number of pyridine rings is 2. The Balaban J connectivity index is 1.37. The molecule has 1 aliphatic heterocycles. The summed E-state index contributed by atoms with van der Waals surface area (Å²) in [6.07, 6.45) is 6.21. The van der Waals surface area contributed by atoms with Crippen molar-refractivity contribution in [3.63, 3.8) is 0 Å². The van der Waals surface area contributed by atoms with Gasteiger partial charge in [-0.25, -0.2) is 9.37 Å². The van der Waals surface area contributed by atoms with Crippen LogP contribution < -0.4 is 10.2 Å². The Labute approximate surface area is 178 Å². The van der Waals surface area contributed by atoms with Crippen LogP contribution in [0.5, 0.6) is 0 Å². The fourth-order valence-corrected chi connectivity index (χ4v) is 4.03. The van der Waals surface area contributed by atoms with E-state index in [1.807, 2.05) is 12.3 Å². The summed E-state index contributed by atoms with van der Waals surface area (Å²) in [5, 5.41) is 2.68. The summed E-state index contributed by atoms with van der Waals surface area (Å²) in [6.45, 7) is 3.66. The van der Waals surface area contributed by atoms with Crippen molar-refractivity contribution >= 4 is 34.0 Å². The van der Waals surface area contributed by atoms with Gasteiger partial charge in [-0.3, -0.25) is 9.78 Å². The molecule has 1 atom stereocenters. The van der Waals surface area contributed by atoms with E-state index < -0.39 is 11.7 Å². The van der Waals surface area contributed by atoms with Crippen LogP contribution in [0, 0.1) is 12.7 Å². The minimum atomic E-state index is -0.511. The second-order valence-corrected chi connectivity index (χ2v) is 8.18. The van der Waals surface area contributed by atoms with Crippen molar-refractivity contribution in [2.24, 2.45) is 0 Å². The van der Waals surface area contributed by atoms with Gasteiger partial charge in [0, 0.05) is 49.7 Å². The molecule has 5 rings (SSSR count). The second-order valence-electron chi connectivity index (χ2n) is 8.18. The van der Waals surface area contributed by atoms with Crippen LogP contribution in [0.25, 0.3) is 16.7 Å². The molecule has 0 spiro atoms. The van der Waals surface area contributed by atoms with E-state index >= 15 is 0 Å². The van der Waals surface area contributed by atoms with Gasteiger partial charge < -0.3 is 23.9 Å². The van der Waals surface area contributed by atoms with Crippen molar-refractivity contribution in [1.82, 2.24) is 19.3 Å². The average Bonchev–Trinajstić information content (AvgIpc) is 3.44. The molecule has 1 N–H and O–H groups in total. The van der Waals surface area contributed by atoms with Crippen LogP contribution >= 0.6 is 0 Å². The molecule has 4 aromatic rings. The van der Waals surface area contributed by atoms with Crippen molar-refractivity contribution in [2.75, 3.05) is 37.4 Å². The number of nitrogens with zero attached hydrogens (tertiary/aromatic N) is 5. The number of carbonyl (C=O) groups excluding carboxylic acids is 1. The number of anilines is 2. The summed E-state index contributed by atoms with van der Waals surface area (Å²) in [7, 11) is 4.18. The normalized spacial score (nSPS) is 16.7. The van der Waals surface area contributed by atoms with E-state index in [0.717, 1.165) is 25.2 Å². The Kier molecular flexibility index (Phi) is 4.62. The lowest BCUT2D eigenvalue weighted by Crippen LogP contribution is -2.31. The van der Waals surface area contributed by atoms with Crippen molar-refractivity contribution in [2.45, 2.75) is 19.4 Å². The zero-order chi connectivity index (χ0) is 21.7. The maximum absolute atomic E-state index is 14.3. The standard InChI is InChI=1S/C22H23FN6O2/c1-13-10-29-11-14(6-17(23)21(29)25-13)26-22(30)20-8-18-19(31-20)7-16(9-24-18)28-5-4-15(12-28)27(2)3/h6-11,15H,4-5,12H2,1-3H3,(H,26,30). The smallest absolute Gasteiger partial charge is 0.291 e. The number of halogens is 1. The lowest BCUT2D eigenvalue weighted by atomic mass is 10.2. The molecule has 4 aromatic heterocycles. The highest BCUT2D eigenvalue weighted by molar-refractivity contribution is 6.04. The van der Waals surface area contributed by atoms with E-state index in [9.17, 15) is 9.18 Å². The maximum atomic E-state index is 14.3. The third-order valence-electron chi connectivity index (χ3n) is 5.72. The number of hydrogen-bond donors (Lipinski definition) is 1. The molecule has 1 unspecified atom stereocenters. The first-order valence-electron chi connectivity index (χ1n) is 10.1. The van der Waals surface area contributed by atoms with E-state index in [2.05, 4.69) is 39.2 Å². The van der Waals surface area contributed by atoms with Crippen LogP contribution in [0.15, 0.2) is 41.2 Å². The molecule has 1 fully saturated rings. The van der Waals surface area contributed by atoms with E-state index in [1.165, 1.54) is 6.07 Å². The highest BCUT2D eigenvalue weighted by Gasteiger charge is 2.25. The fourth-order valence-electron chi connectivity index (χ4n) is 4.03. The number of furan rings is 1. The Hall–Kier alpha value is -3.46. The van der Waals surface area contributed by atoms with Gasteiger partial charge in [-0.1, -0.05) is 0 Å². The van der Waals surface area contributed by atoms with Crippen LogP contribution in [0.4, 0.5) is 15.8 Å². The lowest BCUT2D eigenvalue weighted by Gasteiger charge is -2.21. The van der Waals surface area contributed by atoms with Gasteiger partial charge in [0.15, 0.2) is 22.8 Å². The highest BCUT2D eigenvalue weighted by atomic mass is 19.1. The first-order chi connectivity index (χ1) is 14.9. The molecular formula is C22H23FN6O2. The minimum Gasteiger partial charge on any atom is -0.449 e. The van der Waals surface area contributed by atoms with Crippen LogP contribution in [-0.2, 0) is 0 Å². The van der Waals surface area contributed by atoms with E-state index in [0.29, 0.717) is 28.5 Å². The molecular weight excluding hydrogens is 399 g/mol. The van der Waals surface area contributed by atoms with Gasteiger partial charge in [-0.2, -0.15) is 0 Å². The second kappa shape index (κ2) is 7.35. The molecule has 160 valence electrons. The number of aryl methyl sites for hydroxylation is 1. The first kappa shape index (κ1) is 19.5.